The van der Waals surface area contributed by atoms with Crippen molar-refractivity contribution in [1.82, 2.24) is 14.5 Å². The number of nitrogens with one attached hydrogen (secondary N) is 2. The van der Waals surface area contributed by atoms with E-state index in [1.54, 1.807) is 12.1 Å². The molecule has 0 saturated heterocycles. The molecule has 9 heteroatoms. The van der Waals surface area contributed by atoms with Crippen molar-refractivity contribution >= 4 is 46.1 Å². The standard InChI is InChI=1S/C23H26ClN5O3/c1-3-28(4-2)11-12-29-19-8-6-5-7-18(19)26-22(29)27-21(31)23(32)14-20(30)25-17-10-9-15(24)13-16(17)23/h5-10,13,32H,3-4,11-12,14H2,1-2H3,(H,25,30)(H,26,27,31). The maximum Gasteiger partial charge on any atom is 0.263 e. The van der Waals surface area contributed by atoms with Crippen molar-refractivity contribution in [1.29, 1.82) is 0 Å². The molecule has 0 fully saturated rings. The molecule has 0 aliphatic carbocycles. The molecule has 0 saturated carbocycles. The molecule has 3 aromatic rings. The predicted octanol–water partition coefficient (Wildman–Crippen LogP) is 3.20. The van der Waals surface area contributed by atoms with Crippen LogP contribution in [-0.4, -0.2) is 51.0 Å². The monoisotopic (exact) mass is 455 g/mol. The maximum atomic E-state index is 13.3. The normalized spacial score (nSPS) is 18.0. The topological polar surface area (TPSA) is 99.5 Å². The number of carbonyl (C=O) groups excluding carboxylic acids is 2. The van der Waals surface area contributed by atoms with E-state index in [2.05, 4.69) is 34.4 Å². The van der Waals surface area contributed by atoms with Crippen LogP contribution in [0, 0.1) is 0 Å². The number of aromatic nitrogens is 2. The van der Waals surface area contributed by atoms with Crippen LogP contribution in [0.3, 0.4) is 0 Å². The summed E-state index contributed by atoms with van der Waals surface area (Å²) in [5.41, 5.74) is 0.168. The Balaban J connectivity index is 1.69. The Labute approximate surface area is 191 Å². The maximum absolute atomic E-state index is 13.3. The Morgan fingerprint density at radius 2 is 2.03 bits per heavy atom. The number of hydrogen-bond donors (Lipinski definition) is 3. The summed E-state index contributed by atoms with van der Waals surface area (Å²) in [6.07, 6.45) is -0.411. The highest BCUT2D eigenvalue weighted by Gasteiger charge is 2.45. The summed E-state index contributed by atoms with van der Waals surface area (Å²) in [5, 5.41) is 17.1. The molecule has 0 spiro atoms. The quantitative estimate of drug-likeness (QED) is 0.508. The van der Waals surface area contributed by atoms with E-state index in [1.807, 2.05) is 28.8 Å². The molecule has 2 aromatic carbocycles. The van der Waals surface area contributed by atoms with Crippen LogP contribution in [0.4, 0.5) is 11.6 Å². The third kappa shape index (κ3) is 4.09. The number of amides is 2. The summed E-state index contributed by atoms with van der Waals surface area (Å²) in [5.74, 6) is -0.853. The van der Waals surface area contributed by atoms with Crippen LogP contribution in [0.15, 0.2) is 42.5 Å². The van der Waals surface area contributed by atoms with Gasteiger partial charge in [-0.1, -0.05) is 37.6 Å². The van der Waals surface area contributed by atoms with Crippen LogP contribution in [-0.2, 0) is 21.7 Å². The molecule has 1 unspecified atom stereocenters. The highest BCUT2D eigenvalue weighted by molar-refractivity contribution is 6.31. The molecule has 8 nitrogen and oxygen atoms in total. The molecule has 3 N–H and O–H groups in total. The summed E-state index contributed by atoms with van der Waals surface area (Å²) in [6.45, 7) is 7.42. The van der Waals surface area contributed by atoms with Gasteiger partial charge in [-0.25, -0.2) is 4.98 Å². The smallest absolute Gasteiger partial charge is 0.263 e. The zero-order chi connectivity index (χ0) is 22.9. The Kier molecular flexibility index (Phi) is 6.19. The first-order valence-electron chi connectivity index (χ1n) is 10.7. The molecule has 0 radical (unpaired) electrons. The molecule has 1 aliphatic rings. The highest BCUT2D eigenvalue weighted by atomic mass is 35.5. The number of fused-ring (bicyclic) bond motifs is 2. The SMILES string of the molecule is CCN(CC)CCn1c(NC(=O)C2(O)CC(=O)Nc3ccc(Cl)cc32)nc2ccccc21. The lowest BCUT2D eigenvalue weighted by molar-refractivity contribution is -0.141. The van der Waals surface area contributed by atoms with Gasteiger partial charge < -0.3 is 19.9 Å². The summed E-state index contributed by atoms with van der Waals surface area (Å²) in [4.78, 5) is 32.4. The Morgan fingerprint density at radius 1 is 1.28 bits per heavy atom. The number of imidazole rings is 1. The van der Waals surface area contributed by atoms with Crippen molar-refractivity contribution in [3.63, 3.8) is 0 Å². The lowest BCUT2D eigenvalue weighted by Crippen LogP contribution is -2.47. The fourth-order valence-electron chi connectivity index (χ4n) is 4.08. The first-order valence-corrected chi connectivity index (χ1v) is 11.0. The van der Waals surface area contributed by atoms with Gasteiger partial charge in [0.15, 0.2) is 5.60 Å². The molecule has 168 valence electrons. The van der Waals surface area contributed by atoms with Crippen molar-refractivity contribution < 1.29 is 14.7 Å². The van der Waals surface area contributed by atoms with Gasteiger partial charge in [-0.3, -0.25) is 14.9 Å². The second kappa shape index (κ2) is 8.90. The van der Waals surface area contributed by atoms with Gasteiger partial charge in [0.2, 0.25) is 11.9 Å². The van der Waals surface area contributed by atoms with Crippen LogP contribution >= 0.6 is 11.6 Å². The number of likely N-dealkylation sites (N-methyl/N-ethyl adjacent to an activating group) is 1. The number of nitrogens with zero attached hydrogens (tertiary/aromatic N) is 3. The van der Waals surface area contributed by atoms with Crippen molar-refractivity contribution in [2.45, 2.75) is 32.4 Å². The Morgan fingerprint density at radius 3 is 2.78 bits per heavy atom. The van der Waals surface area contributed by atoms with Crippen molar-refractivity contribution in [3.8, 4) is 0 Å². The number of hydrogen-bond acceptors (Lipinski definition) is 5. The van der Waals surface area contributed by atoms with E-state index in [4.69, 9.17) is 11.6 Å². The molecule has 4 rings (SSSR count). The molecule has 0 bridgehead atoms. The summed E-state index contributed by atoms with van der Waals surface area (Å²) in [6, 6.07) is 12.3. The van der Waals surface area contributed by atoms with Crippen molar-refractivity contribution in [3.05, 3.63) is 53.1 Å². The average molecular weight is 456 g/mol. The van der Waals surface area contributed by atoms with E-state index in [1.165, 1.54) is 6.07 Å². The number of halogens is 1. The molecular formula is C23H26ClN5O3. The minimum Gasteiger partial charge on any atom is -0.375 e. The van der Waals surface area contributed by atoms with Crippen LogP contribution in [0.1, 0.15) is 25.8 Å². The van der Waals surface area contributed by atoms with Gasteiger partial charge >= 0.3 is 0 Å². The second-order valence-electron chi connectivity index (χ2n) is 7.83. The van der Waals surface area contributed by atoms with Crippen LogP contribution in [0.2, 0.25) is 5.02 Å². The number of rotatable bonds is 7. The fourth-order valence-corrected chi connectivity index (χ4v) is 4.25. The zero-order valence-corrected chi connectivity index (χ0v) is 18.8. The van der Waals surface area contributed by atoms with Crippen molar-refractivity contribution in [2.24, 2.45) is 0 Å². The third-order valence-corrected chi connectivity index (χ3v) is 6.14. The average Bonchev–Trinajstić information content (AvgIpc) is 3.12. The van der Waals surface area contributed by atoms with Crippen LogP contribution in [0.25, 0.3) is 11.0 Å². The number of aliphatic hydroxyl groups is 1. The van der Waals surface area contributed by atoms with Gasteiger partial charge in [0, 0.05) is 29.4 Å². The Bertz CT molecular complexity index is 1170. The summed E-state index contributed by atoms with van der Waals surface area (Å²) >= 11 is 6.11. The van der Waals surface area contributed by atoms with E-state index in [0.29, 0.717) is 23.2 Å². The molecule has 2 amide bonds. The predicted molar refractivity (Wildman–Crippen MR) is 125 cm³/mol. The van der Waals surface area contributed by atoms with Crippen LogP contribution in [0.5, 0.6) is 0 Å². The lowest BCUT2D eigenvalue weighted by atomic mass is 9.85. The minimum atomic E-state index is -2.07. The molecule has 1 aromatic heterocycles. The van der Waals surface area contributed by atoms with E-state index < -0.39 is 23.8 Å². The lowest BCUT2D eigenvalue weighted by Gasteiger charge is -2.32. The van der Waals surface area contributed by atoms with Gasteiger partial charge in [-0.05, 0) is 43.4 Å². The van der Waals surface area contributed by atoms with E-state index in [0.717, 1.165) is 30.7 Å². The van der Waals surface area contributed by atoms with Gasteiger partial charge in [-0.15, -0.1) is 0 Å². The first-order chi connectivity index (χ1) is 15.4. The van der Waals surface area contributed by atoms with Crippen molar-refractivity contribution in [2.75, 3.05) is 30.3 Å². The molecular weight excluding hydrogens is 430 g/mol. The van der Waals surface area contributed by atoms with E-state index >= 15 is 0 Å². The summed E-state index contributed by atoms with van der Waals surface area (Å²) in [7, 11) is 0. The van der Waals surface area contributed by atoms with Gasteiger partial charge in [0.05, 0.1) is 17.5 Å². The molecule has 2 heterocycles. The number of carbonyl (C=O) groups is 2. The second-order valence-corrected chi connectivity index (χ2v) is 8.27. The molecule has 1 atom stereocenters. The van der Waals surface area contributed by atoms with Gasteiger partial charge in [0.1, 0.15) is 0 Å². The number of anilines is 2. The van der Waals surface area contributed by atoms with E-state index in [-0.39, 0.29) is 5.56 Å². The minimum absolute atomic E-state index is 0.257. The Hall–Kier alpha value is -2.94. The molecule has 1 aliphatic heterocycles. The first kappa shape index (κ1) is 22.3. The van der Waals surface area contributed by atoms with E-state index in [9.17, 15) is 14.7 Å². The van der Waals surface area contributed by atoms with Crippen LogP contribution < -0.4 is 10.6 Å². The zero-order valence-electron chi connectivity index (χ0n) is 18.1. The van der Waals surface area contributed by atoms with Gasteiger partial charge in [-0.2, -0.15) is 0 Å². The highest BCUT2D eigenvalue weighted by Crippen LogP contribution is 2.38. The third-order valence-electron chi connectivity index (χ3n) is 5.91. The van der Waals surface area contributed by atoms with Gasteiger partial charge in [0.25, 0.3) is 5.91 Å². The number of benzene rings is 2. The fraction of sp³-hybridized carbons (Fsp3) is 0.348. The largest absolute Gasteiger partial charge is 0.375 e. The number of para-hydroxylation sites is 2. The molecule has 32 heavy (non-hydrogen) atoms. The summed E-state index contributed by atoms with van der Waals surface area (Å²) < 4.78 is 1.93.